The number of nitrogens with two attached hydrogens (primary N) is 1. The van der Waals surface area contributed by atoms with Crippen molar-refractivity contribution in [2.75, 3.05) is 10.5 Å². The van der Waals surface area contributed by atoms with E-state index in [0.717, 1.165) is 0 Å². The van der Waals surface area contributed by atoms with E-state index in [4.69, 9.17) is 17.3 Å². The van der Waals surface area contributed by atoms with Gasteiger partial charge in [-0.15, -0.1) is 0 Å². The highest BCUT2D eigenvalue weighted by Gasteiger charge is 2.14. The highest BCUT2D eigenvalue weighted by Crippen LogP contribution is 2.24. The Morgan fingerprint density at radius 3 is 2.47 bits per heavy atom. The van der Waals surface area contributed by atoms with Crippen LogP contribution >= 0.6 is 27.5 Å². The first-order chi connectivity index (χ1) is 8.88. The minimum absolute atomic E-state index is 0.118. The summed E-state index contributed by atoms with van der Waals surface area (Å²) in [5.74, 6) is 0. The van der Waals surface area contributed by atoms with Crippen LogP contribution in [0.5, 0.6) is 0 Å². The van der Waals surface area contributed by atoms with Gasteiger partial charge in [-0.3, -0.25) is 4.72 Å². The largest absolute Gasteiger partial charge is 0.399 e. The van der Waals surface area contributed by atoms with E-state index in [0.29, 0.717) is 15.8 Å². The standard InChI is InChI=1S/C11H9BrClN3O2S/c12-10-5-8(6-15-11(10)13)16-19(17,18)9-3-1-7(14)2-4-9/h1-6,16H,14H2. The van der Waals surface area contributed by atoms with E-state index < -0.39 is 10.0 Å². The molecule has 0 fully saturated rings. The van der Waals surface area contributed by atoms with Gasteiger partial charge in [0.15, 0.2) is 0 Å². The molecule has 0 spiro atoms. The molecule has 0 saturated carbocycles. The first-order valence-corrected chi connectivity index (χ1v) is 7.73. The number of nitrogens with one attached hydrogen (secondary N) is 1. The molecule has 1 aromatic carbocycles. The number of hydrogen-bond acceptors (Lipinski definition) is 4. The lowest BCUT2D eigenvalue weighted by Crippen LogP contribution is -2.13. The van der Waals surface area contributed by atoms with Crippen LogP contribution in [0.25, 0.3) is 0 Å². The minimum atomic E-state index is -3.67. The lowest BCUT2D eigenvalue weighted by atomic mass is 10.3. The van der Waals surface area contributed by atoms with Crippen molar-refractivity contribution >= 4 is 48.9 Å². The van der Waals surface area contributed by atoms with Crippen LogP contribution in [-0.4, -0.2) is 13.4 Å². The molecule has 100 valence electrons. The molecule has 3 N–H and O–H groups in total. The molecular weight excluding hydrogens is 354 g/mol. The van der Waals surface area contributed by atoms with E-state index >= 15 is 0 Å². The van der Waals surface area contributed by atoms with E-state index in [1.54, 1.807) is 0 Å². The average molecular weight is 363 g/mol. The highest BCUT2D eigenvalue weighted by atomic mass is 79.9. The Morgan fingerprint density at radius 2 is 1.89 bits per heavy atom. The third-order valence-electron chi connectivity index (χ3n) is 2.24. The summed E-state index contributed by atoms with van der Waals surface area (Å²) in [7, 11) is -3.67. The SMILES string of the molecule is Nc1ccc(S(=O)(=O)Nc2cnc(Cl)c(Br)c2)cc1. The van der Waals surface area contributed by atoms with Crippen molar-refractivity contribution in [3.05, 3.63) is 46.2 Å². The number of sulfonamides is 1. The molecule has 0 atom stereocenters. The molecule has 0 saturated heterocycles. The fourth-order valence-corrected chi connectivity index (χ4v) is 2.82. The quantitative estimate of drug-likeness (QED) is 0.649. The van der Waals surface area contributed by atoms with Gasteiger partial charge in [0.1, 0.15) is 5.15 Å². The average Bonchev–Trinajstić information content (AvgIpc) is 2.34. The predicted octanol–water partition coefficient (Wildman–Crippen LogP) is 2.88. The van der Waals surface area contributed by atoms with Gasteiger partial charge in [0.25, 0.3) is 10.0 Å². The minimum Gasteiger partial charge on any atom is -0.399 e. The summed E-state index contributed by atoms with van der Waals surface area (Å²) in [6, 6.07) is 7.42. The number of hydrogen-bond donors (Lipinski definition) is 2. The Balaban J connectivity index is 2.30. The van der Waals surface area contributed by atoms with Gasteiger partial charge in [-0.05, 0) is 46.3 Å². The molecule has 5 nitrogen and oxygen atoms in total. The Kier molecular flexibility index (Phi) is 3.98. The van der Waals surface area contributed by atoms with Crippen LogP contribution in [-0.2, 0) is 10.0 Å². The van der Waals surface area contributed by atoms with E-state index in [2.05, 4.69) is 25.6 Å². The topological polar surface area (TPSA) is 85.1 Å². The van der Waals surface area contributed by atoms with E-state index in [1.165, 1.54) is 36.5 Å². The molecule has 0 unspecified atom stereocenters. The smallest absolute Gasteiger partial charge is 0.261 e. The molecular formula is C11H9BrClN3O2S. The molecule has 0 aliphatic heterocycles. The van der Waals surface area contributed by atoms with Crippen molar-refractivity contribution in [1.82, 2.24) is 4.98 Å². The van der Waals surface area contributed by atoms with Crippen LogP contribution in [0, 0.1) is 0 Å². The zero-order chi connectivity index (χ0) is 14.0. The molecule has 2 aromatic rings. The fraction of sp³-hybridized carbons (Fsp3) is 0. The van der Waals surface area contributed by atoms with Crippen molar-refractivity contribution in [3.8, 4) is 0 Å². The fourth-order valence-electron chi connectivity index (χ4n) is 1.34. The van der Waals surface area contributed by atoms with Gasteiger partial charge in [0, 0.05) is 5.69 Å². The van der Waals surface area contributed by atoms with Gasteiger partial charge in [-0.1, -0.05) is 11.6 Å². The second kappa shape index (κ2) is 5.36. The maximum absolute atomic E-state index is 12.1. The first-order valence-electron chi connectivity index (χ1n) is 5.08. The third-order valence-corrected chi connectivity index (χ3v) is 4.77. The Hall–Kier alpha value is -1.31. The van der Waals surface area contributed by atoms with Gasteiger partial charge in [0.05, 0.1) is 21.3 Å². The Morgan fingerprint density at radius 1 is 1.26 bits per heavy atom. The number of benzene rings is 1. The molecule has 0 aliphatic rings. The summed E-state index contributed by atoms with van der Waals surface area (Å²) in [6.07, 6.45) is 1.34. The van der Waals surface area contributed by atoms with Crippen molar-refractivity contribution < 1.29 is 8.42 Å². The molecule has 19 heavy (non-hydrogen) atoms. The zero-order valence-corrected chi connectivity index (χ0v) is 12.6. The summed E-state index contributed by atoms with van der Waals surface area (Å²) >= 11 is 8.91. The number of anilines is 2. The molecule has 0 amide bonds. The van der Waals surface area contributed by atoms with Crippen LogP contribution in [0.3, 0.4) is 0 Å². The maximum Gasteiger partial charge on any atom is 0.261 e. The lowest BCUT2D eigenvalue weighted by molar-refractivity contribution is 0.601. The summed E-state index contributed by atoms with van der Waals surface area (Å²) in [5.41, 5.74) is 6.32. The number of nitrogen functional groups attached to an aromatic ring is 1. The predicted molar refractivity (Wildman–Crippen MR) is 78.6 cm³/mol. The van der Waals surface area contributed by atoms with Gasteiger partial charge in [-0.25, -0.2) is 13.4 Å². The molecule has 0 aliphatic carbocycles. The van der Waals surface area contributed by atoms with Crippen molar-refractivity contribution in [1.29, 1.82) is 0 Å². The normalized spacial score (nSPS) is 11.3. The van der Waals surface area contributed by atoms with E-state index in [9.17, 15) is 8.42 Å². The van der Waals surface area contributed by atoms with Gasteiger partial charge in [-0.2, -0.15) is 0 Å². The van der Waals surface area contributed by atoms with Crippen LogP contribution in [0.15, 0.2) is 45.9 Å². The molecule has 0 radical (unpaired) electrons. The van der Waals surface area contributed by atoms with Crippen LogP contribution in [0.1, 0.15) is 0 Å². The van der Waals surface area contributed by atoms with Crippen molar-refractivity contribution in [3.63, 3.8) is 0 Å². The number of halogens is 2. The van der Waals surface area contributed by atoms with Gasteiger partial charge >= 0.3 is 0 Å². The second-order valence-corrected chi connectivity index (χ2v) is 6.57. The van der Waals surface area contributed by atoms with Gasteiger partial charge in [0.2, 0.25) is 0 Å². The second-order valence-electron chi connectivity index (χ2n) is 3.67. The molecule has 1 heterocycles. The molecule has 1 aromatic heterocycles. The first kappa shape index (κ1) is 14.1. The monoisotopic (exact) mass is 361 g/mol. The number of aromatic nitrogens is 1. The lowest BCUT2D eigenvalue weighted by Gasteiger charge is -2.08. The number of rotatable bonds is 3. The number of nitrogens with zero attached hydrogens (tertiary/aromatic N) is 1. The molecule has 2 rings (SSSR count). The van der Waals surface area contributed by atoms with E-state index in [-0.39, 0.29) is 10.0 Å². The summed E-state index contributed by atoms with van der Waals surface area (Å²) in [6.45, 7) is 0. The number of pyridine rings is 1. The molecule has 0 bridgehead atoms. The van der Waals surface area contributed by atoms with Crippen LogP contribution in [0.2, 0.25) is 5.15 Å². The van der Waals surface area contributed by atoms with Crippen molar-refractivity contribution in [2.24, 2.45) is 0 Å². The van der Waals surface area contributed by atoms with Crippen molar-refractivity contribution in [2.45, 2.75) is 4.90 Å². The van der Waals surface area contributed by atoms with E-state index in [1.807, 2.05) is 0 Å². The van der Waals surface area contributed by atoms with Crippen LogP contribution in [0.4, 0.5) is 11.4 Å². The molecule has 8 heteroatoms. The Bertz CT molecular complexity index is 704. The zero-order valence-electron chi connectivity index (χ0n) is 9.47. The third kappa shape index (κ3) is 3.37. The van der Waals surface area contributed by atoms with Crippen LogP contribution < -0.4 is 10.5 Å². The highest BCUT2D eigenvalue weighted by molar-refractivity contribution is 9.10. The Labute approximate surface area is 124 Å². The summed E-state index contributed by atoms with van der Waals surface area (Å²) in [5, 5.41) is 0.260. The van der Waals surface area contributed by atoms with Gasteiger partial charge < -0.3 is 5.73 Å². The maximum atomic E-state index is 12.1. The summed E-state index contributed by atoms with van der Waals surface area (Å²) in [4.78, 5) is 3.96. The summed E-state index contributed by atoms with van der Waals surface area (Å²) < 4.78 is 27.1.